The Kier molecular flexibility index (Phi) is 12.7. The third-order valence-corrected chi connectivity index (χ3v) is 7.49. The molecule has 0 aromatic carbocycles. The van der Waals surface area contributed by atoms with Crippen molar-refractivity contribution in [2.24, 2.45) is 17.8 Å². The molecule has 0 saturated carbocycles. The van der Waals surface area contributed by atoms with E-state index in [4.69, 9.17) is 23.7 Å². The molecule has 0 saturated heterocycles. The summed E-state index contributed by atoms with van der Waals surface area (Å²) in [5, 5.41) is 14.7. The topological polar surface area (TPSA) is 164 Å². The second-order valence-electron chi connectivity index (χ2n) is 10.9. The third kappa shape index (κ3) is 9.77. The molecule has 0 spiro atoms. The number of carbonyl (C=O) groups is 5. The Hall–Kier alpha value is -3.06. The van der Waals surface area contributed by atoms with Crippen molar-refractivity contribution in [3.8, 4) is 0 Å². The molecule has 2 N–H and O–H groups in total. The number of amides is 1. The number of aliphatic hydroxyl groups is 1. The van der Waals surface area contributed by atoms with Gasteiger partial charge in [0.2, 0.25) is 5.91 Å². The highest BCUT2D eigenvalue weighted by molar-refractivity contribution is 7.99. The smallest absolute Gasteiger partial charge is 0.329 e. The molecule has 1 heterocycles. The number of methoxy groups -OCH3 is 1. The molecule has 5 atom stereocenters. The summed E-state index contributed by atoms with van der Waals surface area (Å²) in [7, 11) is 1.19. The van der Waals surface area contributed by atoms with Gasteiger partial charge in [-0.25, -0.2) is 4.79 Å². The summed E-state index contributed by atoms with van der Waals surface area (Å²) in [6.45, 7) is 9.73. The Morgan fingerprint density at radius 2 is 1.66 bits per heavy atom. The molecule has 41 heavy (non-hydrogen) atoms. The maximum absolute atomic E-state index is 12.7. The first-order chi connectivity index (χ1) is 19.2. The Morgan fingerprint density at radius 1 is 1.05 bits per heavy atom. The van der Waals surface area contributed by atoms with E-state index in [0.717, 1.165) is 11.8 Å². The molecule has 2 aliphatic rings. The minimum atomic E-state index is -1.87. The largest absolute Gasteiger partial charge is 0.467 e. The van der Waals surface area contributed by atoms with E-state index in [0.29, 0.717) is 11.1 Å². The van der Waals surface area contributed by atoms with Gasteiger partial charge in [0.25, 0.3) is 6.29 Å². The fourth-order valence-electron chi connectivity index (χ4n) is 4.47. The lowest BCUT2D eigenvalue weighted by atomic mass is 9.82. The van der Waals surface area contributed by atoms with Gasteiger partial charge in [0.1, 0.15) is 18.2 Å². The maximum atomic E-state index is 12.7. The van der Waals surface area contributed by atoms with E-state index in [1.165, 1.54) is 27.2 Å². The van der Waals surface area contributed by atoms with Crippen LogP contribution in [0.3, 0.4) is 0 Å². The Bertz CT molecular complexity index is 1050. The zero-order chi connectivity index (χ0) is 30.9. The van der Waals surface area contributed by atoms with Gasteiger partial charge in [-0.2, -0.15) is 11.8 Å². The lowest BCUT2D eigenvalue weighted by molar-refractivity contribution is -0.203. The van der Waals surface area contributed by atoms with Gasteiger partial charge in [-0.15, -0.1) is 0 Å². The predicted octanol–water partition coefficient (Wildman–Crippen LogP) is 2.04. The monoisotopic (exact) mass is 599 g/mol. The van der Waals surface area contributed by atoms with Gasteiger partial charge in [0, 0.05) is 43.8 Å². The molecular weight excluding hydrogens is 558 g/mol. The van der Waals surface area contributed by atoms with Crippen LogP contribution in [0.15, 0.2) is 23.5 Å². The summed E-state index contributed by atoms with van der Waals surface area (Å²) in [4.78, 5) is 60.7. The quantitative estimate of drug-likeness (QED) is 0.221. The molecule has 0 aromatic heterocycles. The molecule has 12 nitrogen and oxygen atoms in total. The van der Waals surface area contributed by atoms with E-state index in [1.807, 2.05) is 27.7 Å². The van der Waals surface area contributed by atoms with Crippen molar-refractivity contribution in [3.63, 3.8) is 0 Å². The molecule has 0 aromatic rings. The van der Waals surface area contributed by atoms with Gasteiger partial charge in [0.05, 0.1) is 19.3 Å². The summed E-state index contributed by atoms with van der Waals surface area (Å²) in [5.41, 5.74) is -1.03. The van der Waals surface area contributed by atoms with Crippen LogP contribution in [0.4, 0.5) is 0 Å². The number of thioether (sulfide) groups is 1. The molecule has 2 rings (SSSR count). The summed E-state index contributed by atoms with van der Waals surface area (Å²) in [6, 6.07) is -0.997. The van der Waals surface area contributed by atoms with Gasteiger partial charge in [-0.3, -0.25) is 19.2 Å². The second kappa shape index (κ2) is 15.2. The van der Waals surface area contributed by atoms with Crippen LogP contribution in [-0.2, 0) is 47.7 Å². The number of ether oxygens (including phenoxy) is 5. The van der Waals surface area contributed by atoms with Crippen molar-refractivity contribution in [1.82, 2.24) is 5.32 Å². The Balaban J connectivity index is 2.45. The predicted molar refractivity (Wildman–Crippen MR) is 148 cm³/mol. The van der Waals surface area contributed by atoms with Crippen LogP contribution in [0.1, 0.15) is 54.4 Å². The maximum Gasteiger partial charge on any atom is 0.329 e. The highest BCUT2D eigenvalue weighted by Crippen LogP contribution is 2.48. The van der Waals surface area contributed by atoms with Crippen LogP contribution in [-0.4, -0.2) is 84.2 Å². The van der Waals surface area contributed by atoms with E-state index in [2.05, 4.69) is 5.32 Å². The van der Waals surface area contributed by atoms with Crippen LogP contribution in [0.2, 0.25) is 0 Å². The minimum Gasteiger partial charge on any atom is -0.467 e. The molecule has 0 unspecified atom stereocenters. The molecule has 0 fully saturated rings. The number of fused-ring (bicyclic) bond motifs is 1. The molecule has 1 aliphatic carbocycles. The average molecular weight is 600 g/mol. The van der Waals surface area contributed by atoms with Gasteiger partial charge in [0.15, 0.2) is 6.10 Å². The number of nitrogens with one attached hydrogen (secondary N) is 1. The number of esters is 4. The standard InChI is InChI=1S/C28H41NO11S/c1-15(2)8-23(32)39-22-10-20-19(11-37-18(6)31)12-38-27(40-24(33)9-16(3)4)25(20)28(22,35)14-41-13-21(26(34)36-7)29-17(5)30/h10,12,15-16,21-22,25,27,35H,8-9,11,13-14H2,1-7H3,(H,29,30)/t21-,22-,25+,27-,28+/m0/s1. The highest BCUT2D eigenvalue weighted by Gasteiger charge is 2.58. The SMILES string of the molecule is COC(=O)[C@H](CSC[C@@]1(O)[C@@H](OC(=O)CC(C)C)C=C2C(COC(C)=O)=CO[C@@H](OC(=O)CC(C)C)[C@@H]21)NC(C)=O. The molecule has 1 aliphatic heterocycles. The molecule has 13 heteroatoms. The Labute approximate surface area is 244 Å². The summed E-state index contributed by atoms with van der Waals surface area (Å²) >= 11 is 1.10. The van der Waals surface area contributed by atoms with Gasteiger partial charge in [-0.1, -0.05) is 27.7 Å². The first-order valence-corrected chi connectivity index (χ1v) is 14.6. The zero-order valence-corrected chi connectivity index (χ0v) is 25.4. The summed E-state index contributed by atoms with van der Waals surface area (Å²) in [5.74, 6) is -3.87. The lowest BCUT2D eigenvalue weighted by Gasteiger charge is -2.40. The normalized spacial score (nSPS) is 23.9. The molecular formula is C28H41NO11S. The fraction of sp³-hybridized carbons (Fsp3) is 0.679. The van der Waals surface area contributed by atoms with Crippen LogP contribution >= 0.6 is 11.8 Å². The van der Waals surface area contributed by atoms with Crippen molar-refractivity contribution in [3.05, 3.63) is 23.5 Å². The van der Waals surface area contributed by atoms with E-state index >= 15 is 0 Å². The van der Waals surface area contributed by atoms with Crippen molar-refractivity contribution >= 4 is 41.5 Å². The van der Waals surface area contributed by atoms with Crippen molar-refractivity contribution < 1.29 is 52.8 Å². The zero-order valence-electron chi connectivity index (χ0n) is 24.6. The number of rotatable bonds is 14. The molecule has 230 valence electrons. The molecule has 0 bridgehead atoms. The fourth-order valence-corrected chi connectivity index (χ4v) is 5.72. The van der Waals surface area contributed by atoms with E-state index < -0.39 is 59.7 Å². The third-order valence-electron chi connectivity index (χ3n) is 6.25. The van der Waals surface area contributed by atoms with E-state index in [1.54, 1.807) is 6.08 Å². The first kappa shape index (κ1) is 34.1. The number of hydrogen-bond donors (Lipinski definition) is 2. The van der Waals surface area contributed by atoms with Gasteiger partial charge in [-0.05, 0) is 23.5 Å². The van der Waals surface area contributed by atoms with E-state index in [9.17, 15) is 29.1 Å². The highest BCUT2D eigenvalue weighted by atomic mass is 32.2. The Morgan fingerprint density at radius 3 is 2.20 bits per heavy atom. The van der Waals surface area contributed by atoms with Crippen molar-refractivity contribution in [1.29, 1.82) is 0 Å². The van der Waals surface area contributed by atoms with Crippen LogP contribution < -0.4 is 5.32 Å². The van der Waals surface area contributed by atoms with Crippen molar-refractivity contribution in [2.75, 3.05) is 25.2 Å². The van der Waals surface area contributed by atoms with Crippen LogP contribution in [0.25, 0.3) is 0 Å². The minimum absolute atomic E-state index is 0.00274. The molecule has 1 amide bonds. The molecule has 0 radical (unpaired) electrons. The van der Waals surface area contributed by atoms with Crippen LogP contribution in [0.5, 0.6) is 0 Å². The average Bonchev–Trinajstić information content (AvgIpc) is 3.13. The summed E-state index contributed by atoms with van der Waals surface area (Å²) in [6.07, 6.45) is 0.588. The number of hydrogen-bond acceptors (Lipinski definition) is 12. The van der Waals surface area contributed by atoms with Crippen LogP contribution in [0, 0.1) is 17.8 Å². The van der Waals surface area contributed by atoms with Gasteiger partial charge < -0.3 is 34.1 Å². The van der Waals surface area contributed by atoms with Crippen molar-refractivity contribution in [2.45, 2.75) is 78.4 Å². The van der Waals surface area contributed by atoms with E-state index in [-0.39, 0.29) is 42.8 Å². The first-order valence-electron chi connectivity index (χ1n) is 13.4. The lowest BCUT2D eigenvalue weighted by Crippen LogP contribution is -2.55. The second-order valence-corrected chi connectivity index (χ2v) is 11.9. The van der Waals surface area contributed by atoms with Gasteiger partial charge >= 0.3 is 23.9 Å². The number of carbonyl (C=O) groups excluding carboxylic acids is 5. The summed E-state index contributed by atoms with van der Waals surface area (Å²) < 4.78 is 27.1.